The summed E-state index contributed by atoms with van der Waals surface area (Å²) in [5.74, 6) is -0.0286. The number of aromatic nitrogens is 2. The normalized spacial score (nSPS) is 10.8. The average Bonchev–Trinajstić information content (AvgIpc) is 2.64. The summed E-state index contributed by atoms with van der Waals surface area (Å²) in [6.45, 7) is 2.88. The fourth-order valence-corrected chi connectivity index (χ4v) is 3.45. The minimum Gasteiger partial charge on any atom is -0.338 e. The van der Waals surface area contributed by atoms with Crippen LogP contribution in [0.4, 0.5) is 4.39 Å². The number of nitrogens with zero attached hydrogens (tertiary/aromatic N) is 3. The molecule has 0 aliphatic rings. The van der Waals surface area contributed by atoms with Crippen LogP contribution in [-0.4, -0.2) is 33.3 Å². The Kier molecular flexibility index (Phi) is 5.60. The summed E-state index contributed by atoms with van der Waals surface area (Å²) in [7, 11) is 0. The van der Waals surface area contributed by atoms with Gasteiger partial charge < -0.3 is 4.90 Å². The second-order valence-electron chi connectivity index (χ2n) is 5.56. The van der Waals surface area contributed by atoms with Gasteiger partial charge in [-0.15, -0.1) is 5.10 Å². The molecule has 0 atom stereocenters. The molecule has 0 N–H and O–H groups in total. The lowest BCUT2D eigenvalue weighted by atomic mass is 10.2. The number of fused-ring (bicyclic) bond motifs is 1. The third-order valence-corrected chi connectivity index (χ3v) is 4.83. The average molecular weight is 355 g/mol. The highest BCUT2D eigenvalue weighted by atomic mass is 32.2. The minimum atomic E-state index is -0.290. The predicted molar refractivity (Wildman–Crippen MR) is 97.8 cm³/mol. The molecule has 6 heteroatoms. The lowest BCUT2D eigenvalue weighted by Crippen LogP contribution is -2.31. The largest absolute Gasteiger partial charge is 0.338 e. The van der Waals surface area contributed by atoms with Crippen molar-refractivity contribution in [1.29, 1.82) is 0 Å². The summed E-state index contributed by atoms with van der Waals surface area (Å²) in [6, 6.07) is 14.2. The van der Waals surface area contributed by atoms with E-state index >= 15 is 0 Å². The first-order chi connectivity index (χ1) is 12.2. The SMILES string of the molecule is CCN(Cc1cccc(F)c1)C(=O)CSc1nncc2ccccc12. The lowest BCUT2D eigenvalue weighted by Gasteiger charge is -2.21. The van der Waals surface area contributed by atoms with Crippen molar-refractivity contribution in [2.75, 3.05) is 12.3 Å². The fraction of sp³-hybridized carbons (Fsp3) is 0.211. The van der Waals surface area contributed by atoms with Gasteiger partial charge >= 0.3 is 0 Å². The molecule has 3 aromatic rings. The minimum absolute atomic E-state index is 0.00787. The van der Waals surface area contributed by atoms with Gasteiger partial charge in [-0.2, -0.15) is 5.10 Å². The van der Waals surface area contributed by atoms with Crippen LogP contribution >= 0.6 is 11.8 Å². The lowest BCUT2D eigenvalue weighted by molar-refractivity contribution is -0.128. The van der Waals surface area contributed by atoms with Crippen LogP contribution in [0.5, 0.6) is 0 Å². The number of carbonyl (C=O) groups is 1. The second-order valence-corrected chi connectivity index (χ2v) is 6.53. The zero-order chi connectivity index (χ0) is 17.6. The van der Waals surface area contributed by atoms with E-state index in [4.69, 9.17) is 0 Å². The summed E-state index contributed by atoms with van der Waals surface area (Å²) in [5.41, 5.74) is 0.783. The molecule has 0 bridgehead atoms. The maximum absolute atomic E-state index is 13.3. The molecule has 4 nitrogen and oxygen atoms in total. The highest BCUT2D eigenvalue weighted by Gasteiger charge is 2.14. The van der Waals surface area contributed by atoms with Gasteiger partial charge in [0.2, 0.25) is 5.91 Å². The molecule has 1 aromatic heterocycles. The van der Waals surface area contributed by atoms with Gasteiger partial charge in [-0.25, -0.2) is 4.39 Å². The van der Waals surface area contributed by atoms with Crippen LogP contribution in [0, 0.1) is 5.82 Å². The van der Waals surface area contributed by atoms with Gasteiger partial charge in [0.05, 0.1) is 11.9 Å². The van der Waals surface area contributed by atoms with Gasteiger partial charge in [-0.05, 0) is 24.6 Å². The van der Waals surface area contributed by atoms with Crippen LogP contribution in [0.2, 0.25) is 0 Å². The monoisotopic (exact) mass is 355 g/mol. The quantitative estimate of drug-likeness (QED) is 0.629. The van der Waals surface area contributed by atoms with Crippen LogP contribution < -0.4 is 0 Å². The van der Waals surface area contributed by atoms with E-state index in [1.807, 2.05) is 37.3 Å². The Morgan fingerprint density at radius 2 is 2.04 bits per heavy atom. The molecule has 2 aromatic carbocycles. The second kappa shape index (κ2) is 8.07. The van der Waals surface area contributed by atoms with E-state index < -0.39 is 0 Å². The molecule has 0 aliphatic carbocycles. The Bertz CT molecular complexity index is 882. The van der Waals surface area contributed by atoms with Crippen molar-refractivity contribution in [1.82, 2.24) is 15.1 Å². The van der Waals surface area contributed by atoms with Crippen LogP contribution in [-0.2, 0) is 11.3 Å². The first-order valence-corrected chi connectivity index (χ1v) is 9.01. The molecule has 0 spiro atoms. The topological polar surface area (TPSA) is 46.1 Å². The van der Waals surface area contributed by atoms with Crippen molar-refractivity contribution in [3.8, 4) is 0 Å². The Morgan fingerprint density at radius 3 is 2.84 bits per heavy atom. The van der Waals surface area contributed by atoms with Gasteiger partial charge in [0.25, 0.3) is 0 Å². The van der Waals surface area contributed by atoms with E-state index in [-0.39, 0.29) is 17.5 Å². The molecule has 128 valence electrons. The standard InChI is InChI=1S/C19H18FN3OS/c1-2-23(12-14-6-5-8-16(20)10-14)18(24)13-25-19-17-9-4-3-7-15(17)11-21-22-19/h3-11H,2,12-13H2,1H3. The summed E-state index contributed by atoms with van der Waals surface area (Å²) >= 11 is 1.38. The Labute approximate surface area is 150 Å². The highest BCUT2D eigenvalue weighted by Crippen LogP contribution is 2.25. The van der Waals surface area contributed by atoms with Crippen molar-refractivity contribution in [3.63, 3.8) is 0 Å². The third-order valence-electron chi connectivity index (χ3n) is 3.87. The van der Waals surface area contributed by atoms with E-state index in [0.717, 1.165) is 21.4 Å². The summed E-state index contributed by atoms with van der Waals surface area (Å²) in [5, 5.41) is 10.9. The van der Waals surface area contributed by atoms with Crippen molar-refractivity contribution in [2.24, 2.45) is 0 Å². The molecule has 1 heterocycles. The molecule has 0 fully saturated rings. The zero-order valence-corrected chi connectivity index (χ0v) is 14.7. The van der Waals surface area contributed by atoms with Gasteiger partial charge in [0.1, 0.15) is 10.8 Å². The fourth-order valence-electron chi connectivity index (χ4n) is 2.56. The number of hydrogen-bond donors (Lipinski definition) is 0. The number of halogens is 1. The van der Waals surface area contributed by atoms with Gasteiger partial charge in [-0.3, -0.25) is 4.79 Å². The predicted octanol–water partition coefficient (Wildman–Crippen LogP) is 3.91. The number of hydrogen-bond acceptors (Lipinski definition) is 4. The summed E-state index contributed by atoms with van der Waals surface area (Å²) < 4.78 is 13.3. The Morgan fingerprint density at radius 1 is 1.20 bits per heavy atom. The molecule has 25 heavy (non-hydrogen) atoms. The van der Waals surface area contributed by atoms with Crippen molar-refractivity contribution >= 4 is 28.4 Å². The van der Waals surface area contributed by atoms with Gasteiger partial charge in [0.15, 0.2) is 0 Å². The first-order valence-electron chi connectivity index (χ1n) is 8.03. The molecule has 0 saturated heterocycles. The number of carbonyl (C=O) groups excluding carboxylic acids is 1. The number of rotatable bonds is 6. The van der Waals surface area contributed by atoms with Crippen LogP contribution in [0.3, 0.4) is 0 Å². The van der Waals surface area contributed by atoms with E-state index in [1.165, 1.54) is 23.9 Å². The number of thioether (sulfide) groups is 1. The van der Waals surface area contributed by atoms with E-state index in [1.54, 1.807) is 17.2 Å². The highest BCUT2D eigenvalue weighted by molar-refractivity contribution is 8.00. The van der Waals surface area contributed by atoms with E-state index in [2.05, 4.69) is 10.2 Å². The Balaban J connectivity index is 1.68. The smallest absolute Gasteiger partial charge is 0.233 e. The van der Waals surface area contributed by atoms with Crippen LogP contribution in [0.1, 0.15) is 12.5 Å². The number of amides is 1. The molecular weight excluding hydrogens is 337 g/mol. The van der Waals surface area contributed by atoms with Crippen LogP contribution in [0.25, 0.3) is 10.8 Å². The zero-order valence-electron chi connectivity index (χ0n) is 13.9. The molecule has 1 amide bonds. The maximum atomic E-state index is 13.3. The first kappa shape index (κ1) is 17.4. The molecule has 0 saturated carbocycles. The van der Waals surface area contributed by atoms with Crippen molar-refractivity contribution < 1.29 is 9.18 Å². The molecule has 3 rings (SSSR count). The van der Waals surface area contributed by atoms with Crippen molar-refractivity contribution in [3.05, 3.63) is 66.1 Å². The molecule has 0 radical (unpaired) electrons. The molecule has 0 aliphatic heterocycles. The van der Waals surface area contributed by atoms with Crippen LogP contribution in [0.15, 0.2) is 59.8 Å². The summed E-state index contributed by atoms with van der Waals surface area (Å²) in [6.07, 6.45) is 1.71. The summed E-state index contributed by atoms with van der Waals surface area (Å²) in [4.78, 5) is 14.2. The molecular formula is C19H18FN3OS. The number of benzene rings is 2. The maximum Gasteiger partial charge on any atom is 0.233 e. The Hall–Kier alpha value is -2.47. The van der Waals surface area contributed by atoms with Gasteiger partial charge in [0, 0.05) is 23.9 Å². The third kappa shape index (κ3) is 4.33. The van der Waals surface area contributed by atoms with E-state index in [0.29, 0.717) is 13.1 Å². The molecule has 0 unspecified atom stereocenters. The van der Waals surface area contributed by atoms with Crippen molar-refractivity contribution in [2.45, 2.75) is 18.5 Å². The van der Waals surface area contributed by atoms with E-state index in [9.17, 15) is 9.18 Å². The van der Waals surface area contributed by atoms with Gasteiger partial charge in [-0.1, -0.05) is 48.2 Å².